The van der Waals surface area contributed by atoms with E-state index in [4.69, 9.17) is 4.74 Å². The molecule has 1 aromatic rings. The standard InChI is InChI=1S/C12H14FNO4S/c1-18-11-3-2-8(13)6-10(11)12(15)14-9-4-5-19(16,17)7-9/h2-3,6,9H,4-5,7H2,1H3,(H,14,15). The molecule has 0 radical (unpaired) electrons. The molecule has 1 aliphatic heterocycles. The van der Waals surface area contributed by atoms with Gasteiger partial charge in [-0.2, -0.15) is 0 Å². The van der Waals surface area contributed by atoms with E-state index >= 15 is 0 Å². The van der Waals surface area contributed by atoms with Gasteiger partial charge in [-0.15, -0.1) is 0 Å². The highest BCUT2D eigenvalue weighted by molar-refractivity contribution is 7.91. The summed E-state index contributed by atoms with van der Waals surface area (Å²) in [5.74, 6) is -0.836. The van der Waals surface area contributed by atoms with Crippen LogP contribution in [-0.4, -0.2) is 39.0 Å². The third-order valence-electron chi connectivity index (χ3n) is 2.97. The summed E-state index contributed by atoms with van der Waals surface area (Å²) in [5, 5.41) is 2.59. The number of sulfone groups is 1. The molecule has 1 aliphatic rings. The molecule has 0 saturated carbocycles. The van der Waals surface area contributed by atoms with Crippen LogP contribution in [0.3, 0.4) is 0 Å². The molecule has 1 fully saturated rings. The van der Waals surface area contributed by atoms with E-state index in [-0.39, 0.29) is 22.8 Å². The number of hydrogen-bond donors (Lipinski definition) is 1. The maximum absolute atomic E-state index is 13.1. The van der Waals surface area contributed by atoms with Crippen LogP contribution in [0.2, 0.25) is 0 Å². The summed E-state index contributed by atoms with van der Waals surface area (Å²) >= 11 is 0. The summed E-state index contributed by atoms with van der Waals surface area (Å²) in [6.45, 7) is 0. The Morgan fingerprint density at radius 1 is 1.47 bits per heavy atom. The van der Waals surface area contributed by atoms with Crippen molar-refractivity contribution in [1.29, 1.82) is 0 Å². The second-order valence-corrected chi connectivity index (χ2v) is 6.65. The van der Waals surface area contributed by atoms with Crippen molar-refractivity contribution in [3.63, 3.8) is 0 Å². The van der Waals surface area contributed by atoms with Crippen molar-refractivity contribution in [2.24, 2.45) is 0 Å². The molecule has 1 atom stereocenters. The zero-order valence-electron chi connectivity index (χ0n) is 10.3. The lowest BCUT2D eigenvalue weighted by Gasteiger charge is -2.13. The van der Waals surface area contributed by atoms with E-state index < -0.39 is 27.6 Å². The Morgan fingerprint density at radius 2 is 2.21 bits per heavy atom. The van der Waals surface area contributed by atoms with Gasteiger partial charge in [0.2, 0.25) is 0 Å². The first-order valence-corrected chi connectivity index (χ1v) is 7.58. The average Bonchev–Trinajstić information content (AvgIpc) is 2.68. The Hall–Kier alpha value is -1.63. The molecule has 0 bridgehead atoms. The van der Waals surface area contributed by atoms with E-state index in [1.54, 1.807) is 0 Å². The Kier molecular flexibility index (Phi) is 3.75. The molecule has 1 heterocycles. The molecule has 1 unspecified atom stereocenters. The van der Waals surface area contributed by atoms with Crippen molar-refractivity contribution in [2.45, 2.75) is 12.5 Å². The van der Waals surface area contributed by atoms with Gasteiger partial charge in [0, 0.05) is 6.04 Å². The number of halogens is 1. The number of hydrogen-bond acceptors (Lipinski definition) is 4. The van der Waals surface area contributed by atoms with Crippen LogP contribution in [0, 0.1) is 5.82 Å². The molecule has 5 nitrogen and oxygen atoms in total. The van der Waals surface area contributed by atoms with Crippen LogP contribution in [0.25, 0.3) is 0 Å². The van der Waals surface area contributed by atoms with Gasteiger partial charge in [-0.1, -0.05) is 0 Å². The third-order valence-corrected chi connectivity index (χ3v) is 4.74. The van der Waals surface area contributed by atoms with Gasteiger partial charge in [0.1, 0.15) is 11.6 Å². The maximum atomic E-state index is 13.1. The molecular formula is C12H14FNO4S. The molecule has 1 N–H and O–H groups in total. The molecule has 19 heavy (non-hydrogen) atoms. The summed E-state index contributed by atoms with van der Waals surface area (Å²) in [6.07, 6.45) is 0.381. The largest absolute Gasteiger partial charge is 0.496 e. The fourth-order valence-corrected chi connectivity index (χ4v) is 3.70. The SMILES string of the molecule is COc1ccc(F)cc1C(=O)NC1CCS(=O)(=O)C1. The molecule has 2 rings (SSSR count). The molecule has 1 amide bonds. The average molecular weight is 287 g/mol. The topological polar surface area (TPSA) is 72.5 Å². The zero-order chi connectivity index (χ0) is 14.0. The van der Waals surface area contributed by atoms with Crippen LogP contribution in [0.5, 0.6) is 5.75 Å². The quantitative estimate of drug-likeness (QED) is 0.890. The molecular weight excluding hydrogens is 273 g/mol. The highest BCUT2D eigenvalue weighted by atomic mass is 32.2. The van der Waals surface area contributed by atoms with Crippen LogP contribution >= 0.6 is 0 Å². The summed E-state index contributed by atoms with van der Waals surface area (Å²) in [5.41, 5.74) is 0.0618. The summed E-state index contributed by atoms with van der Waals surface area (Å²) < 4.78 is 40.7. The van der Waals surface area contributed by atoms with Crippen molar-refractivity contribution >= 4 is 15.7 Å². The number of nitrogens with one attached hydrogen (secondary N) is 1. The molecule has 104 valence electrons. The molecule has 0 aromatic heterocycles. The van der Waals surface area contributed by atoms with Crippen molar-refractivity contribution in [3.05, 3.63) is 29.6 Å². The van der Waals surface area contributed by atoms with Crippen molar-refractivity contribution in [1.82, 2.24) is 5.32 Å². The summed E-state index contributed by atoms with van der Waals surface area (Å²) in [4.78, 5) is 12.0. The monoisotopic (exact) mass is 287 g/mol. The Bertz CT molecular complexity index is 600. The first-order chi connectivity index (χ1) is 8.91. The minimum Gasteiger partial charge on any atom is -0.496 e. The smallest absolute Gasteiger partial charge is 0.255 e. The summed E-state index contributed by atoms with van der Waals surface area (Å²) in [6, 6.07) is 3.19. The number of carbonyl (C=O) groups is 1. The highest BCUT2D eigenvalue weighted by Gasteiger charge is 2.29. The Morgan fingerprint density at radius 3 is 2.79 bits per heavy atom. The Labute approximate surface area is 110 Å². The predicted molar refractivity (Wildman–Crippen MR) is 67.5 cm³/mol. The minimum absolute atomic E-state index is 0.0618. The van der Waals surface area contributed by atoms with Crippen LogP contribution in [0.4, 0.5) is 4.39 Å². The summed E-state index contributed by atoms with van der Waals surface area (Å²) in [7, 11) is -1.69. The van der Waals surface area contributed by atoms with Gasteiger partial charge in [-0.3, -0.25) is 4.79 Å². The number of carbonyl (C=O) groups excluding carboxylic acids is 1. The van der Waals surface area contributed by atoms with Gasteiger partial charge < -0.3 is 10.1 Å². The highest BCUT2D eigenvalue weighted by Crippen LogP contribution is 2.20. The van der Waals surface area contributed by atoms with E-state index in [9.17, 15) is 17.6 Å². The minimum atomic E-state index is -3.07. The second kappa shape index (κ2) is 5.16. The molecule has 7 heteroatoms. The first kappa shape index (κ1) is 13.8. The number of rotatable bonds is 3. The van der Waals surface area contributed by atoms with Crippen LogP contribution in [0.1, 0.15) is 16.8 Å². The number of amides is 1. The van der Waals surface area contributed by atoms with Crippen LogP contribution < -0.4 is 10.1 Å². The maximum Gasteiger partial charge on any atom is 0.255 e. The Balaban J connectivity index is 2.14. The normalized spacial score (nSPS) is 21.1. The van der Waals surface area contributed by atoms with Crippen molar-refractivity contribution < 1.29 is 22.3 Å². The van der Waals surface area contributed by atoms with E-state index in [0.717, 1.165) is 6.07 Å². The van der Waals surface area contributed by atoms with Gasteiger partial charge >= 0.3 is 0 Å². The molecule has 1 aromatic carbocycles. The van der Waals surface area contributed by atoms with Gasteiger partial charge in [0.25, 0.3) is 5.91 Å². The molecule has 0 spiro atoms. The van der Waals surface area contributed by atoms with Gasteiger partial charge in [0.15, 0.2) is 9.84 Å². The zero-order valence-corrected chi connectivity index (χ0v) is 11.2. The van der Waals surface area contributed by atoms with E-state index in [1.807, 2.05) is 0 Å². The van der Waals surface area contributed by atoms with E-state index in [2.05, 4.69) is 5.32 Å². The van der Waals surface area contributed by atoms with Crippen molar-refractivity contribution in [3.8, 4) is 5.75 Å². The van der Waals surface area contributed by atoms with Gasteiger partial charge in [0.05, 0.1) is 24.2 Å². The number of ether oxygens (including phenoxy) is 1. The fourth-order valence-electron chi connectivity index (χ4n) is 2.03. The molecule has 1 saturated heterocycles. The lowest BCUT2D eigenvalue weighted by molar-refractivity contribution is 0.0937. The third kappa shape index (κ3) is 3.23. The number of methoxy groups -OCH3 is 1. The fraction of sp³-hybridized carbons (Fsp3) is 0.417. The van der Waals surface area contributed by atoms with E-state index in [1.165, 1.54) is 19.2 Å². The van der Waals surface area contributed by atoms with Gasteiger partial charge in [-0.05, 0) is 24.6 Å². The van der Waals surface area contributed by atoms with Crippen molar-refractivity contribution in [2.75, 3.05) is 18.6 Å². The second-order valence-electron chi connectivity index (χ2n) is 4.42. The first-order valence-electron chi connectivity index (χ1n) is 5.76. The van der Waals surface area contributed by atoms with E-state index in [0.29, 0.717) is 6.42 Å². The van der Waals surface area contributed by atoms with Crippen LogP contribution in [0.15, 0.2) is 18.2 Å². The lowest BCUT2D eigenvalue weighted by Crippen LogP contribution is -2.35. The van der Waals surface area contributed by atoms with Crippen LogP contribution in [-0.2, 0) is 9.84 Å². The number of benzene rings is 1. The van der Waals surface area contributed by atoms with Gasteiger partial charge in [-0.25, -0.2) is 12.8 Å². The molecule has 0 aliphatic carbocycles. The lowest BCUT2D eigenvalue weighted by atomic mass is 10.1. The predicted octanol–water partition coefficient (Wildman–Crippen LogP) is 0.751.